The zero-order chi connectivity index (χ0) is 15.9. The molecule has 0 aliphatic heterocycles. The zero-order valence-corrected chi connectivity index (χ0v) is 11.9. The summed E-state index contributed by atoms with van der Waals surface area (Å²) in [7, 11) is 0. The minimum Gasteiger partial charge on any atom is -0.550 e. The molecule has 2 aromatic rings. The van der Waals surface area contributed by atoms with Gasteiger partial charge in [-0.15, -0.1) is 0 Å². The molecule has 1 aromatic carbocycles. The van der Waals surface area contributed by atoms with Crippen LogP contribution in [0, 0.1) is 0 Å². The first kappa shape index (κ1) is 15.8. The number of aliphatic imine (C=N–C) groups is 1. The number of hydrogen-bond donors (Lipinski definition) is 1. The van der Waals surface area contributed by atoms with Crippen molar-refractivity contribution in [2.24, 2.45) is 4.99 Å². The van der Waals surface area contributed by atoms with Gasteiger partial charge in [0.2, 0.25) is 0 Å². The lowest BCUT2D eigenvalue weighted by molar-refractivity contribution is -0.305. The number of aromatic hydroxyl groups is 1. The second-order valence-corrected chi connectivity index (χ2v) is 4.87. The number of carbonyl (C=O) groups excluding carboxylic acids is 1. The zero-order valence-electron chi connectivity index (χ0n) is 11.9. The summed E-state index contributed by atoms with van der Waals surface area (Å²) in [5.74, 6) is -1.20. The molecule has 116 valence electrons. The lowest BCUT2D eigenvalue weighted by Gasteiger charge is -2.02. The summed E-state index contributed by atoms with van der Waals surface area (Å²) in [5.41, 5.74) is -0.297. The Balaban J connectivity index is 2.01. The largest absolute Gasteiger partial charge is 0.550 e. The first-order chi connectivity index (χ1) is 10.6. The van der Waals surface area contributed by atoms with E-state index in [9.17, 15) is 19.8 Å². The lowest BCUT2D eigenvalue weighted by atomic mass is 10.1. The number of hydrogen-bond acceptors (Lipinski definition) is 6. The highest BCUT2D eigenvalue weighted by molar-refractivity contribution is 5.93. The number of unbranched alkanes of at least 4 members (excludes halogenated alkanes) is 2. The number of aliphatic carboxylic acids is 1. The Morgan fingerprint density at radius 1 is 1.27 bits per heavy atom. The minimum absolute atomic E-state index is 0.0217. The van der Waals surface area contributed by atoms with Crippen LogP contribution in [-0.2, 0) is 4.79 Å². The van der Waals surface area contributed by atoms with Gasteiger partial charge >= 0.3 is 5.63 Å². The van der Waals surface area contributed by atoms with Gasteiger partial charge in [0.15, 0.2) is 0 Å². The standard InChI is InChI=1S/C16H17NO5/c18-14(19)8-2-1-5-9-17-10-12-15(20)11-6-3-4-7-13(11)22-16(12)21/h3-4,6-7,10,20H,1-2,5,8-9H2,(H,18,19)/p-1. The van der Waals surface area contributed by atoms with Crippen molar-refractivity contribution < 1.29 is 19.4 Å². The number of benzene rings is 1. The molecule has 0 unspecified atom stereocenters. The third-order valence-corrected chi connectivity index (χ3v) is 3.21. The van der Waals surface area contributed by atoms with Crippen LogP contribution >= 0.6 is 0 Å². The smallest absolute Gasteiger partial charge is 0.348 e. The summed E-state index contributed by atoms with van der Waals surface area (Å²) < 4.78 is 5.12. The Bertz CT molecular complexity index is 748. The molecule has 0 bridgehead atoms. The number of nitrogens with zero attached hydrogens (tertiary/aromatic N) is 1. The first-order valence-corrected chi connectivity index (χ1v) is 7.04. The van der Waals surface area contributed by atoms with Crippen molar-refractivity contribution in [3.8, 4) is 5.75 Å². The number of carboxylic acid groups (broad SMARTS) is 1. The number of fused-ring (bicyclic) bond motifs is 1. The van der Waals surface area contributed by atoms with Gasteiger partial charge in [-0.2, -0.15) is 0 Å². The van der Waals surface area contributed by atoms with E-state index < -0.39 is 11.6 Å². The van der Waals surface area contributed by atoms with Crippen molar-refractivity contribution in [1.29, 1.82) is 0 Å². The van der Waals surface area contributed by atoms with Gasteiger partial charge in [-0.05, 0) is 31.4 Å². The minimum atomic E-state index is -1.05. The monoisotopic (exact) mass is 302 g/mol. The summed E-state index contributed by atoms with van der Waals surface area (Å²) >= 11 is 0. The molecule has 0 spiro atoms. The summed E-state index contributed by atoms with van der Waals surface area (Å²) in [6.07, 6.45) is 3.29. The molecule has 22 heavy (non-hydrogen) atoms. The maximum absolute atomic E-state index is 11.8. The molecule has 6 heteroatoms. The second-order valence-electron chi connectivity index (χ2n) is 4.87. The van der Waals surface area contributed by atoms with E-state index in [-0.39, 0.29) is 17.7 Å². The molecule has 0 atom stereocenters. The van der Waals surface area contributed by atoms with Crippen LogP contribution in [-0.4, -0.2) is 23.8 Å². The summed E-state index contributed by atoms with van der Waals surface area (Å²) in [5, 5.41) is 20.8. The third kappa shape index (κ3) is 3.94. The highest BCUT2D eigenvalue weighted by Crippen LogP contribution is 2.24. The quantitative estimate of drug-likeness (QED) is 0.470. The number of carbonyl (C=O) groups is 1. The molecule has 0 aliphatic rings. The number of para-hydroxylation sites is 1. The molecular weight excluding hydrogens is 286 g/mol. The molecule has 6 nitrogen and oxygen atoms in total. The molecular formula is C16H16NO5-. The molecule has 0 aliphatic carbocycles. The van der Waals surface area contributed by atoms with Crippen molar-refractivity contribution in [2.45, 2.75) is 25.7 Å². The number of carboxylic acids is 1. The van der Waals surface area contributed by atoms with Gasteiger partial charge in [0.05, 0.1) is 5.39 Å². The highest BCUT2D eigenvalue weighted by atomic mass is 16.4. The van der Waals surface area contributed by atoms with Gasteiger partial charge in [-0.25, -0.2) is 4.79 Å². The van der Waals surface area contributed by atoms with Crippen molar-refractivity contribution in [3.05, 3.63) is 40.2 Å². The van der Waals surface area contributed by atoms with E-state index in [4.69, 9.17) is 4.42 Å². The Kier molecular flexibility index (Phi) is 5.30. The van der Waals surface area contributed by atoms with Crippen LogP contribution in [0.15, 0.2) is 38.5 Å². The molecule has 0 saturated carbocycles. The Hall–Kier alpha value is -2.63. The fourth-order valence-corrected chi connectivity index (χ4v) is 2.07. The Morgan fingerprint density at radius 3 is 2.82 bits per heavy atom. The van der Waals surface area contributed by atoms with Crippen LogP contribution in [0.4, 0.5) is 0 Å². The molecule has 0 saturated heterocycles. The average molecular weight is 302 g/mol. The van der Waals surface area contributed by atoms with Crippen LogP contribution in [0.1, 0.15) is 31.2 Å². The predicted molar refractivity (Wildman–Crippen MR) is 80.1 cm³/mol. The van der Waals surface area contributed by atoms with E-state index in [1.54, 1.807) is 24.3 Å². The van der Waals surface area contributed by atoms with Crippen molar-refractivity contribution >= 4 is 23.2 Å². The van der Waals surface area contributed by atoms with Gasteiger partial charge in [0, 0.05) is 18.7 Å². The Morgan fingerprint density at radius 2 is 2.05 bits per heavy atom. The summed E-state index contributed by atoms with van der Waals surface area (Å²) in [4.78, 5) is 26.1. The van der Waals surface area contributed by atoms with Crippen molar-refractivity contribution in [1.82, 2.24) is 0 Å². The van der Waals surface area contributed by atoms with E-state index in [0.717, 1.165) is 0 Å². The van der Waals surface area contributed by atoms with Crippen LogP contribution < -0.4 is 10.7 Å². The van der Waals surface area contributed by atoms with Crippen LogP contribution in [0.5, 0.6) is 5.75 Å². The van der Waals surface area contributed by atoms with Gasteiger partial charge in [0.25, 0.3) is 0 Å². The van der Waals surface area contributed by atoms with E-state index >= 15 is 0 Å². The van der Waals surface area contributed by atoms with E-state index in [1.807, 2.05) is 0 Å². The van der Waals surface area contributed by atoms with Crippen LogP contribution in [0.2, 0.25) is 0 Å². The topological polar surface area (TPSA) is 103 Å². The SMILES string of the molecule is O=C([O-])CCCCCN=Cc1c(O)c2ccccc2oc1=O. The number of rotatable bonds is 7. The van der Waals surface area contributed by atoms with E-state index in [0.29, 0.717) is 36.8 Å². The normalized spacial score (nSPS) is 11.3. The molecule has 1 heterocycles. The maximum Gasteiger partial charge on any atom is 0.348 e. The Labute approximate surface area is 126 Å². The third-order valence-electron chi connectivity index (χ3n) is 3.21. The predicted octanol–water partition coefficient (Wildman–Crippen LogP) is 1.23. The fourth-order valence-electron chi connectivity index (χ4n) is 2.07. The molecule has 1 aromatic heterocycles. The lowest BCUT2D eigenvalue weighted by Crippen LogP contribution is -2.21. The maximum atomic E-state index is 11.8. The highest BCUT2D eigenvalue weighted by Gasteiger charge is 2.11. The molecule has 0 radical (unpaired) electrons. The van der Waals surface area contributed by atoms with Gasteiger partial charge in [0.1, 0.15) is 16.9 Å². The fraction of sp³-hybridized carbons (Fsp3) is 0.312. The van der Waals surface area contributed by atoms with Crippen LogP contribution in [0.3, 0.4) is 0 Å². The molecule has 0 fully saturated rings. The first-order valence-electron chi connectivity index (χ1n) is 7.04. The second kappa shape index (κ2) is 7.40. The molecule has 1 N–H and O–H groups in total. The van der Waals surface area contributed by atoms with Gasteiger partial charge < -0.3 is 19.4 Å². The summed E-state index contributed by atoms with van der Waals surface area (Å²) in [6, 6.07) is 6.71. The van der Waals surface area contributed by atoms with Gasteiger partial charge in [-0.1, -0.05) is 18.6 Å². The molecule has 0 amide bonds. The average Bonchev–Trinajstić information content (AvgIpc) is 2.49. The van der Waals surface area contributed by atoms with Gasteiger partial charge in [-0.3, -0.25) is 4.99 Å². The van der Waals surface area contributed by atoms with Crippen molar-refractivity contribution in [3.63, 3.8) is 0 Å². The van der Waals surface area contributed by atoms with Crippen molar-refractivity contribution in [2.75, 3.05) is 6.54 Å². The molecule has 2 rings (SSSR count). The van der Waals surface area contributed by atoms with E-state index in [1.165, 1.54) is 6.21 Å². The van der Waals surface area contributed by atoms with E-state index in [2.05, 4.69) is 4.99 Å². The summed E-state index contributed by atoms with van der Waals surface area (Å²) in [6.45, 7) is 0.443. The van der Waals surface area contributed by atoms with Crippen LogP contribution in [0.25, 0.3) is 11.0 Å².